The molecule has 0 bridgehead atoms. The minimum atomic E-state index is -0.287. The van der Waals surface area contributed by atoms with Crippen LogP contribution in [0.4, 0.5) is 0 Å². The van der Waals surface area contributed by atoms with E-state index in [1.807, 2.05) is 6.92 Å². The number of nitrogens with zero attached hydrogens (tertiary/aromatic N) is 1. The van der Waals surface area contributed by atoms with Crippen LogP contribution in [0.25, 0.3) is 0 Å². The molecule has 3 unspecified atom stereocenters. The molecule has 1 aliphatic heterocycles. The van der Waals surface area contributed by atoms with E-state index in [1.165, 1.54) is 25.7 Å². The van der Waals surface area contributed by atoms with E-state index in [2.05, 4.69) is 12.2 Å². The Balaban J connectivity index is 1.97. The summed E-state index contributed by atoms with van der Waals surface area (Å²) in [6.45, 7) is 5.35. The van der Waals surface area contributed by atoms with Crippen LogP contribution in [0.1, 0.15) is 52.4 Å². The first kappa shape index (κ1) is 14.4. The zero-order valence-corrected chi connectivity index (χ0v) is 12.2. The van der Waals surface area contributed by atoms with Gasteiger partial charge in [0.25, 0.3) is 0 Å². The molecular formula is C15H26N2O2. The van der Waals surface area contributed by atoms with E-state index in [-0.39, 0.29) is 24.4 Å². The number of piperazine rings is 1. The second-order valence-electron chi connectivity index (χ2n) is 6.15. The van der Waals surface area contributed by atoms with Crippen molar-refractivity contribution < 1.29 is 9.59 Å². The highest BCUT2D eigenvalue weighted by Crippen LogP contribution is 2.30. The van der Waals surface area contributed by atoms with Gasteiger partial charge in [-0.25, -0.2) is 0 Å². The van der Waals surface area contributed by atoms with Gasteiger partial charge in [-0.3, -0.25) is 9.59 Å². The zero-order valence-electron chi connectivity index (χ0n) is 12.2. The van der Waals surface area contributed by atoms with E-state index in [0.29, 0.717) is 11.8 Å². The lowest BCUT2D eigenvalue weighted by Gasteiger charge is -2.37. The molecule has 19 heavy (non-hydrogen) atoms. The highest BCUT2D eigenvalue weighted by Gasteiger charge is 2.34. The fourth-order valence-corrected chi connectivity index (χ4v) is 3.36. The van der Waals surface area contributed by atoms with Crippen LogP contribution in [-0.4, -0.2) is 35.8 Å². The van der Waals surface area contributed by atoms with E-state index in [0.717, 1.165) is 19.4 Å². The van der Waals surface area contributed by atoms with Crippen LogP contribution in [0.5, 0.6) is 0 Å². The van der Waals surface area contributed by atoms with Crippen LogP contribution < -0.4 is 5.32 Å². The van der Waals surface area contributed by atoms with Crippen molar-refractivity contribution in [2.75, 3.05) is 13.1 Å². The topological polar surface area (TPSA) is 49.4 Å². The second kappa shape index (κ2) is 6.40. The third-order valence-corrected chi connectivity index (χ3v) is 4.60. The number of rotatable bonds is 4. The molecule has 0 aromatic rings. The predicted octanol–water partition coefficient (Wildman–Crippen LogP) is 1.94. The summed E-state index contributed by atoms with van der Waals surface area (Å²) in [5.41, 5.74) is 0. The Kier molecular flexibility index (Phi) is 4.83. The number of carbonyl (C=O) groups excluding carboxylic acids is 2. The molecule has 1 aliphatic carbocycles. The zero-order chi connectivity index (χ0) is 13.8. The normalized spacial score (nSPS) is 32.3. The smallest absolute Gasteiger partial charge is 0.245 e. The molecule has 0 radical (unpaired) electrons. The molecule has 1 heterocycles. The first-order chi connectivity index (χ1) is 9.11. The number of carbonyl (C=O) groups is 2. The summed E-state index contributed by atoms with van der Waals surface area (Å²) < 4.78 is 0. The fourth-order valence-electron chi connectivity index (χ4n) is 3.36. The first-order valence-electron chi connectivity index (χ1n) is 7.70. The highest BCUT2D eigenvalue weighted by atomic mass is 16.2. The summed E-state index contributed by atoms with van der Waals surface area (Å²) >= 11 is 0. The summed E-state index contributed by atoms with van der Waals surface area (Å²) in [4.78, 5) is 25.9. The molecular weight excluding hydrogens is 240 g/mol. The van der Waals surface area contributed by atoms with Gasteiger partial charge in [0.1, 0.15) is 6.04 Å². The Morgan fingerprint density at radius 2 is 2.00 bits per heavy atom. The van der Waals surface area contributed by atoms with Crippen molar-refractivity contribution in [2.24, 2.45) is 11.8 Å². The molecule has 4 nitrogen and oxygen atoms in total. The minimum Gasteiger partial charge on any atom is -0.343 e. The van der Waals surface area contributed by atoms with Gasteiger partial charge in [-0.15, -0.1) is 0 Å². The van der Waals surface area contributed by atoms with E-state index in [4.69, 9.17) is 0 Å². The SMILES string of the molecule is CCCC1NC(=O)CN(CC2CCCCC2C)C1=O. The lowest BCUT2D eigenvalue weighted by molar-refractivity contribution is -0.145. The van der Waals surface area contributed by atoms with Crippen molar-refractivity contribution in [1.82, 2.24) is 10.2 Å². The van der Waals surface area contributed by atoms with Gasteiger partial charge in [-0.2, -0.15) is 0 Å². The Morgan fingerprint density at radius 1 is 1.26 bits per heavy atom. The van der Waals surface area contributed by atoms with Gasteiger partial charge >= 0.3 is 0 Å². The average Bonchev–Trinajstić information content (AvgIpc) is 2.38. The van der Waals surface area contributed by atoms with Crippen molar-refractivity contribution in [1.29, 1.82) is 0 Å². The van der Waals surface area contributed by atoms with Crippen molar-refractivity contribution in [3.05, 3.63) is 0 Å². The van der Waals surface area contributed by atoms with E-state index >= 15 is 0 Å². The van der Waals surface area contributed by atoms with E-state index < -0.39 is 0 Å². The molecule has 2 aliphatic rings. The monoisotopic (exact) mass is 266 g/mol. The van der Waals surface area contributed by atoms with Gasteiger partial charge in [0.2, 0.25) is 11.8 Å². The molecule has 2 fully saturated rings. The number of amides is 2. The van der Waals surface area contributed by atoms with E-state index in [9.17, 15) is 9.59 Å². The summed E-state index contributed by atoms with van der Waals surface area (Å²) in [7, 11) is 0. The van der Waals surface area contributed by atoms with Gasteiger partial charge in [-0.05, 0) is 24.7 Å². The molecule has 108 valence electrons. The highest BCUT2D eigenvalue weighted by molar-refractivity contribution is 5.94. The van der Waals surface area contributed by atoms with Crippen LogP contribution in [0.2, 0.25) is 0 Å². The van der Waals surface area contributed by atoms with Crippen LogP contribution in [0, 0.1) is 11.8 Å². The summed E-state index contributed by atoms with van der Waals surface area (Å²) in [6, 6.07) is -0.287. The average molecular weight is 266 g/mol. The van der Waals surface area contributed by atoms with Gasteiger partial charge in [0, 0.05) is 6.54 Å². The molecule has 0 aromatic heterocycles. The first-order valence-corrected chi connectivity index (χ1v) is 7.70. The maximum Gasteiger partial charge on any atom is 0.245 e. The lowest BCUT2D eigenvalue weighted by atomic mass is 9.80. The van der Waals surface area contributed by atoms with Crippen molar-refractivity contribution in [3.8, 4) is 0 Å². The Hall–Kier alpha value is -1.06. The van der Waals surface area contributed by atoms with Crippen LogP contribution >= 0.6 is 0 Å². The summed E-state index contributed by atoms with van der Waals surface area (Å²) in [6.07, 6.45) is 6.71. The van der Waals surface area contributed by atoms with Crippen molar-refractivity contribution in [3.63, 3.8) is 0 Å². The van der Waals surface area contributed by atoms with Crippen LogP contribution in [-0.2, 0) is 9.59 Å². The third-order valence-electron chi connectivity index (χ3n) is 4.60. The summed E-state index contributed by atoms with van der Waals surface area (Å²) in [5, 5.41) is 2.82. The van der Waals surface area contributed by atoms with Crippen LogP contribution in [0.15, 0.2) is 0 Å². The second-order valence-corrected chi connectivity index (χ2v) is 6.15. The Bertz CT molecular complexity index is 343. The molecule has 4 heteroatoms. The fraction of sp³-hybridized carbons (Fsp3) is 0.867. The van der Waals surface area contributed by atoms with Gasteiger partial charge < -0.3 is 10.2 Å². The molecule has 2 rings (SSSR count). The standard InChI is InChI=1S/C15H26N2O2/c1-3-6-13-15(19)17(10-14(18)16-13)9-12-8-5-4-7-11(12)2/h11-13H,3-10H2,1-2H3,(H,16,18). The third kappa shape index (κ3) is 3.48. The van der Waals surface area contributed by atoms with Gasteiger partial charge in [0.15, 0.2) is 0 Å². The number of hydrogen-bond donors (Lipinski definition) is 1. The molecule has 0 spiro atoms. The molecule has 1 saturated heterocycles. The largest absolute Gasteiger partial charge is 0.343 e. The number of hydrogen-bond acceptors (Lipinski definition) is 2. The lowest BCUT2D eigenvalue weighted by Crippen LogP contribution is -2.59. The van der Waals surface area contributed by atoms with Gasteiger partial charge in [-0.1, -0.05) is 39.5 Å². The maximum atomic E-state index is 12.4. The van der Waals surface area contributed by atoms with Crippen molar-refractivity contribution in [2.45, 2.75) is 58.4 Å². The number of nitrogens with one attached hydrogen (secondary N) is 1. The predicted molar refractivity (Wildman–Crippen MR) is 74.5 cm³/mol. The molecule has 1 N–H and O–H groups in total. The van der Waals surface area contributed by atoms with E-state index in [1.54, 1.807) is 4.90 Å². The Labute approximate surface area is 115 Å². The van der Waals surface area contributed by atoms with Gasteiger partial charge in [0.05, 0.1) is 6.54 Å². The quantitative estimate of drug-likeness (QED) is 0.845. The van der Waals surface area contributed by atoms with Crippen LogP contribution in [0.3, 0.4) is 0 Å². The Morgan fingerprint density at radius 3 is 2.68 bits per heavy atom. The molecule has 1 saturated carbocycles. The molecule has 2 amide bonds. The minimum absolute atomic E-state index is 0.00140. The summed E-state index contributed by atoms with van der Waals surface area (Å²) in [5.74, 6) is 1.38. The molecule has 0 aromatic carbocycles. The van der Waals surface area contributed by atoms with Crippen molar-refractivity contribution >= 4 is 11.8 Å². The maximum absolute atomic E-state index is 12.4. The molecule has 3 atom stereocenters.